The monoisotopic (exact) mass is 384 g/mol. The lowest BCUT2D eigenvalue weighted by Gasteiger charge is -2.07. The fourth-order valence-electron chi connectivity index (χ4n) is 2.71. The molecule has 0 unspecified atom stereocenters. The van der Waals surface area contributed by atoms with Gasteiger partial charge in [0.05, 0.1) is 13.0 Å². The molecule has 0 aliphatic rings. The van der Waals surface area contributed by atoms with E-state index < -0.39 is 11.2 Å². The number of carbonyl (C=O) groups excluding carboxylic acids is 1. The van der Waals surface area contributed by atoms with Gasteiger partial charge in [-0.2, -0.15) is 12.6 Å². The molecule has 7 heteroatoms. The van der Waals surface area contributed by atoms with Gasteiger partial charge in [0.1, 0.15) is 0 Å². The molecule has 0 aliphatic heterocycles. The van der Waals surface area contributed by atoms with E-state index in [1.54, 1.807) is 6.92 Å². The summed E-state index contributed by atoms with van der Waals surface area (Å²) in [6.07, 6.45) is 12.3. The lowest BCUT2D eigenvalue weighted by atomic mass is 10.1. The number of hydrogen-bond donors (Lipinski definition) is 2. The first kappa shape index (κ1) is 22.5. The number of nitrogens with zero attached hydrogens (tertiary/aromatic N) is 1. The van der Waals surface area contributed by atoms with Crippen LogP contribution in [0.25, 0.3) is 0 Å². The van der Waals surface area contributed by atoms with E-state index in [1.165, 1.54) is 55.7 Å². The second-order valence-electron chi connectivity index (χ2n) is 6.64. The number of esters is 1. The van der Waals surface area contributed by atoms with Crippen LogP contribution < -0.4 is 11.2 Å². The molecule has 1 aromatic heterocycles. The minimum absolute atomic E-state index is 0.123. The van der Waals surface area contributed by atoms with E-state index in [0.29, 0.717) is 12.2 Å². The second kappa shape index (κ2) is 13.7. The minimum atomic E-state index is -0.501. The van der Waals surface area contributed by atoms with Gasteiger partial charge < -0.3 is 4.74 Å². The maximum absolute atomic E-state index is 11.7. The molecule has 1 heterocycles. The molecular formula is C19H32N2O4S. The van der Waals surface area contributed by atoms with Crippen molar-refractivity contribution >= 4 is 18.6 Å². The molecule has 0 aliphatic carbocycles. The van der Waals surface area contributed by atoms with Crippen LogP contribution in [0.1, 0.15) is 69.8 Å². The Kier molecular flexibility index (Phi) is 11.9. The molecule has 0 radical (unpaired) electrons. The number of H-pyrrole nitrogens is 1. The molecule has 0 atom stereocenters. The number of rotatable bonds is 14. The zero-order chi connectivity index (χ0) is 19.2. The number of aromatic amines is 1. The van der Waals surface area contributed by atoms with Gasteiger partial charge in [0, 0.05) is 18.3 Å². The molecule has 0 amide bonds. The van der Waals surface area contributed by atoms with E-state index in [4.69, 9.17) is 4.74 Å². The fraction of sp³-hybridized carbons (Fsp3) is 0.737. The summed E-state index contributed by atoms with van der Waals surface area (Å²) in [7, 11) is 0. The van der Waals surface area contributed by atoms with Gasteiger partial charge in [0.2, 0.25) is 0 Å². The molecule has 1 rings (SSSR count). The van der Waals surface area contributed by atoms with Crippen molar-refractivity contribution in [1.29, 1.82) is 0 Å². The van der Waals surface area contributed by atoms with Crippen molar-refractivity contribution in [2.75, 3.05) is 12.4 Å². The van der Waals surface area contributed by atoms with Crippen LogP contribution in [0.15, 0.2) is 15.8 Å². The van der Waals surface area contributed by atoms with Crippen LogP contribution in [-0.2, 0) is 16.1 Å². The average molecular weight is 385 g/mol. The SMILES string of the molecule is Cc1cn(CCC(=O)OCCCCCCCCCCCS)c(=O)[nH]c1=O. The van der Waals surface area contributed by atoms with E-state index in [0.717, 1.165) is 18.6 Å². The zero-order valence-electron chi connectivity index (χ0n) is 15.8. The molecule has 0 bridgehead atoms. The van der Waals surface area contributed by atoms with Crippen molar-refractivity contribution in [2.45, 2.75) is 77.7 Å². The van der Waals surface area contributed by atoms with Crippen LogP contribution in [0.3, 0.4) is 0 Å². The Morgan fingerprint density at radius 3 is 2.23 bits per heavy atom. The summed E-state index contributed by atoms with van der Waals surface area (Å²) in [4.78, 5) is 36.9. The van der Waals surface area contributed by atoms with Gasteiger partial charge in [-0.1, -0.05) is 44.9 Å². The first-order valence-electron chi connectivity index (χ1n) is 9.61. The molecule has 0 saturated heterocycles. The van der Waals surface area contributed by atoms with Crippen LogP contribution >= 0.6 is 12.6 Å². The summed E-state index contributed by atoms with van der Waals surface area (Å²) in [6.45, 7) is 2.26. The molecule has 0 aromatic carbocycles. The number of unbranched alkanes of at least 4 members (excludes halogenated alkanes) is 8. The largest absolute Gasteiger partial charge is 0.466 e. The molecule has 1 aromatic rings. The van der Waals surface area contributed by atoms with E-state index in [9.17, 15) is 14.4 Å². The van der Waals surface area contributed by atoms with Crippen molar-refractivity contribution in [3.05, 3.63) is 32.6 Å². The summed E-state index contributed by atoms with van der Waals surface area (Å²) >= 11 is 4.21. The predicted molar refractivity (Wildman–Crippen MR) is 107 cm³/mol. The van der Waals surface area contributed by atoms with Gasteiger partial charge in [-0.05, 0) is 25.5 Å². The number of aryl methyl sites for hydroxylation is 2. The van der Waals surface area contributed by atoms with Crippen molar-refractivity contribution in [3.8, 4) is 0 Å². The first-order valence-corrected chi connectivity index (χ1v) is 10.2. The lowest BCUT2D eigenvalue weighted by Crippen LogP contribution is -2.31. The van der Waals surface area contributed by atoms with Crippen molar-refractivity contribution in [2.24, 2.45) is 0 Å². The maximum atomic E-state index is 11.7. The topological polar surface area (TPSA) is 81.2 Å². The molecular weight excluding hydrogens is 352 g/mol. The Labute approximate surface area is 160 Å². The van der Waals surface area contributed by atoms with Gasteiger partial charge in [-0.3, -0.25) is 19.1 Å². The molecule has 1 N–H and O–H groups in total. The van der Waals surface area contributed by atoms with Gasteiger partial charge in [0.25, 0.3) is 5.56 Å². The molecule has 148 valence electrons. The highest BCUT2D eigenvalue weighted by molar-refractivity contribution is 7.80. The molecule has 0 saturated carbocycles. The lowest BCUT2D eigenvalue weighted by molar-refractivity contribution is -0.144. The van der Waals surface area contributed by atoms with Crippen molar-refractivity contribution < 1.29 is 9.53 Å². The fourth-order valence-corrected chi connectivity index (χ4v) is 2.93. The highest BCUT2D eigenvalue weighted by Gasteiger charge is 2.06. The Hall–Kier alpha value is -1.50. The third-order valence-corrected chi connectivity index (χ3v) is 4.63. The quantitative estimate of drug-likeness (QED) is 0.293. The van der Waals surface area contributed by atoms with Crippen LogP contribution in [0.4, 0.5) is 0 Å². The average Bonchev–Trinajstić information content (AvgIpc) is 2.61. The maximum Gasteiger partial charge on any atom is 0.328 e. The minimum Gasteiger partial charge on any atom is -0.466 e. The molecule has 26 heavy (non-hydrogen) atoms. The summed E-state index contributed by atoms with van der Waals surface area (Å²) in [5, 5.41) is 0. The Balaban J connectivity index is 2.03. The van der Waals surface area contributed by atoms with E-state index in [1.807, 2.05) is 0 Å². The third-order valence-electron chi connectivity index (χ3n) is 4.31. The van der Waals surface area contributed by atoms with Crippen LogP contribution in [0.5, 0.6) is 0 Å². The molecule has 6 nitrogen and oxygen atoms in total. The van der Waals surface area contributed by atoms with Gasteiger partial charge >= 0.3 is 11.7 Å². The summed E-state index contributed by atoms with van der Waals surface area (Å²) < 4.78 is 6.52. The highest BCUT2D eigenvalue weighted by Crippen LogP contribution is 2.10. The van der Waals surface area contributed by atoms with Crippen molar-refractivity contribution in [3.63, 3.8) is 0 Å². The third kappa shape index (κ3) is 9.85. The van der Waals surface area contributed by atoms with Crippen molar-refractivity contribution in [1.82, 2.24) is 9.55 Å². The number of nitrogens with one attached hydrogen (secondary N) is 1. The van der Waals surface area contributed by atoms with Gasteiger partial charge in [-0.25, -0.2) is 4.79 Å². The zero-order valence-corrected chi connectivity index (χ0v) is 16.7. The Bertz CT molecular complexity index is 639. The number of thiol groups is 1. The number of hydrogen-bond acceptors (Lipinski definition) is 5. The Morgan fingerprint density at radius 1 is 1.04 bits per heavy atom. The number of carbonyl (C=O) groups is 1. The standard InChI is InChI=1S/C19H32N2O4S/c1-16-15-21(19(24)20-18(16)23)12-11-17(22)25-13-9-7-5-3-2-4-6-8-10-14-26/h15,26H,2-14H2,1H3,(H,20,23,24). The van der Waals surface area contributed by atoms with Crippen LogP contribution in [-0.4, -0.2) is 27.9 Å². The van der Waals surface area contributed by atoms with Crippen LogP contribution in [0, 0.1) is 6.92 Å². The van der Waals surface area contributed by atoms with E-state index in [2.05, 4.69) is 17.6 Å². The van der Waals surface area contributed by atoms with Gasteiger partial charge in [-0.15, -0.1) is 0 Å². The van der Waals surface area contributed by atoms with Gasteiger partial charge in [0.15, 0.2) is 0 Å². The summed E-state index contributed by atoms with van der Waals surface area (Å²) in [6, 6.07) is 0. The first-order chi connectivity index (χ1) is 12.5. The Morgan fingerprint density at radius 2 is 1.62 bits per heavy atom. The van der Waals surface area contributed by atoms with E-state index in [-0.39, 0.29) is 18.9 Å². The normalized spacial score (nSPS) is 10.8. The smallest absolute Gasteiger partial charge is 0.328 e. The molecule has 0 spiro atoms. The second-order valence-corrected chi connectivity index (χ2v) is 7.09. The highest BCUT2D eigenvalue weighted by atomic mass is 32.1. The predicted octanol–water partition coefficient (Wildman–Crippen LogP) is 3.22. The van der Waals surface area contributed by atoms with E-state index >= 15 is 0 Å². The van der Waals surface area contributed by atoms with Crippen LogP contribution in [0.2, 0.25) is 0 Å². The number of ether oxygens (including phenoxy) is 1. The molecule has 0 fully saturated rings. The summed E-state index contributed by atoms with van der Waals surface area (Å²) in [5.74, 6) is 0.671. The summed E-state index contributed by atoms with van der Waals surface area (Å²) in [5.41, 5.74) is -0.454. The number of aromatic nitrogens is 2.